The highest BCUT2D eigenvalue weighted by Crippen LogP contribution is 2.41. The zero-order valence-corrected chi connectivity index (χ0v) is 31.5. The number of hydrogen-bond acceptors (Lipinski definition) is 6. The molecule has 6 nitrogen and oxygen atoms in total. The van der Waals surface area contributed by atoms with Crippen molar-refractivity contribution in [2.45, 2.75) is 0 Å². The molecule has 0 aliphatic rings. The Bertz CT molecular complexity index is 3820. The summed E-state index contributed by atoms with van der Waals surface area (Å²) in [4.78, 5) is 15.8. The number of aromatic nitrogens is 4. The lowest BCUT2D eigenvalue weighted by Crippen LogP contribution is -2.06. The molecule has 0 unspecified atom stereocenters. The third kappa shape index (κ3) is 4.62. The minimum Gasteiger partial charge on any atom is -0.456 e. The molecule has 13 rings (SSSR count). The summed E-state index contributed by atoms with van der Waals surface area (Å²) in [5.41, 5.74) is 9.35. The van der Waals surface area contributed by atoms with E-state index in [2.05, 4.69) is 150 Å². The van der Waals surface area contributed by atoms with Crippen LogP contribution in [0.15, 0.2) is 179 Å². The summed E-state index contributed by atoms with van der Waals surface area (Å²) in [7, 11) is 0. The van der Waals surface area contributed by atoms with Crippen molar-refractivity contribution in [2.75, 3.05) is 0 Å². The molecule has 0 radical (unpaired) electrons. The van der Waals surface area contributed by atoms with Crippen molar-refractivity contribution >= 4 is 97.2 Å². The zero-order valence-electron chi connectivity index (χ0n) is 30.7. The Hall–Kier alpha value is -7.61. The Labute approximate surface area is 333 Å². The van der Waals surface area contributed by atoms with Crippen LogP contribution in [0, 0.1) is 0 Å². The summed E-state index contributed by atoms with van der Waals surface area (Å²) in [5.74, 6) is 1.69. The smallest absolute Gasteiger partial charge is 0.238 e. The van der Waals surface area contributed by atoms with Gasteiger partial charge in [0, 0.05) is 63.6 Å². The molecule has 13 aromatic rings. The summed E-state index contributed by atoms with van der Waals surface area (Å²) in [6.45, 7) is 0. The second-order valence-electron chi connectivity index (χ2n) is 14.8. The van der Waals surface area contributed by atoms with E-state index in [4.69, 9.17) is 23.8 Å². The molecule has 0 aliphatic carbocycles. The van der Waals surface area contributed by atoms with Gasteiger partial charge in [0.15, 0.2) is 11.6 Å². The van der Waals surface area contributed by atoms with Gasteiger partial charge in [-0.2, -0.15) is 9.97 Å². The van der Waals surface area contributed by atoms with Crippen LogP contribution in [-0.4, -0.2) is 19.5 Å². The normalized spacial score (nSPS) is 12.1. The van der Waals surface area contributed by atoms with Crippen LogP contribution in [0.25, 0.3) is 126 Å². The van der Waals surface area contributed by atoms with Gasteiger partial charge in [-0.25, -0.2) is 4.98 Å². The molecule has 0 N–H and O–H groups in total. The van der Waals surface area contributed by atoms with Gasteiger partial charge in [0.25, 0.3) is 0 Å². The fourth-order valence-corrected chi connectivity index (χ4v) is 9.96. The summed E-state index contributed by atoms with van der Waals surface area (Å²) in [5, 5.41) is 8.88. The van der Waals surface area contributed by atoms with Crippen LogP contribution in [0.1, 0.15) is 0 Å². The molecule has 7 heteroatoms. The van der Waals surface area contributed by atoms with Gasteiger partial charge in [-0.1, -0.05) is 115 Å². The van der Waals surface area contributed by atoms with Gasteiger partial charge in [-0.3, -0.25) is 4.57 Å². The van der Waals surface area contributed by atoms with E-state index in [-0.39, 0.29) is 0 Å². The molecule has 58 heavy (non-hydrogen) atoms. The topological polar surface area (TPSA) is 69.9 Å². The molecule has 0 atom stereocenters. The minimum atomic E-state index is 0.533. The van der Waals surface area contributed by atoms with Crippen molar-refractivity contribution in [3.8, 4) is 39.9 Å². The van der Waals surface area contributed by atoms with Gasteiger partial charge >= 0.3 is 0 Å². The molecule has 0 spiro atoms. The first-order valence-corrected chi connectivity index (χ1v) is 20.1. The average molecular weight is 761 g/mol. The Morgan fingerprint density at radius 3 is 1.93 bits per heavy atom. The maximum Gasteiger partial charge on any atom is 0.238 e. The largest absolute Gasteiger partial charge is 0.456 e. The maximum atomic E-state index is 6.57. The molecule has 8 aromatic carbocycles. The van der Waals surface area contributed by atoms with Gasteiger partial charge < -0.3 is 8.83 Å². The molecule has 0 bridgehead atoms. The van der Waals surface area contributed by atoms with E-state index in [0.717, 1.165) is 87.9 Å². The number of fused-ring (bicyclic) bond motifs is 12. The number of thiophene rings is 1. The molecule has 0 saturated carbocycles. The van der Waals surface area contributed by atoms with Crippen LogP contribution < -0.4 is 0 Å². The van der Waals surface area contributed by atoms with Crippen LogP contribution in [0.5, 0.6) is 0 Å². The predicted molar refractivity (Wildman–Crippen MR) is 238 cm³/mol. The highest BCUT2D eigenvalue weighted by Gasteiger charge is 2.21. The molecule has 0 amide bonds. The molecular weight excluding hydrogens is 733 g/mol. The van der Waals surface area contributed by atoms with Crippen LogP contribution in [0.2, 0.25) is 0 Å². The van der Waals surface area contributed by atoms with Crippen molar-refractivity contribution in [3.63, 3.8) is 0 Å². The Morgan fingerprint density at radius 1 is 0.379 bits per heavy atom. The van der Waals surface area contributed by atoms with Crippen LogP contribution >= 0.6 is 11.3 Å². The number of para-hydroxylation sites is 2. The number of furan rings is 2. The lowest BCUT2D eigenvalue weighted by atomic mass is 9.99. The van der Waals surface area contributed by atoms with E-state index in [1.165, 1.54) is 20.2 Å². The summed E-state index contributed by atoms with van der Waals surface area (Å²) < 4.78 is 17.5. The third-order valence-electron chi connectivity index (χ3n) is 11.5. The van der Waals surface area contributed by atoms with Crippen molar-refractivity contribution in [2.24, 2.45) is 0 Å². The first-order chi connectivity index (χ1) is 28.7. The Balaban J connectivity index is 1.07. The first-order valence-electron chi connectivity index (χ1n) is 19.3. The van der Waals surface area contributed by atoms with Gasteiger partial charge in [-0.05, 0) is 65.7 Å². The summed E-state index contributed by atoms with van der Waals surface area (Å²) in [6.07, 6.45) is 0. The third-order valence-corrected chi connectivity index (χ3v) is 12.6. The molecule has 0 aliphatic heterocycles. The molecule has 0 fully saturated rings. The second kappa shape index (κ2) is 11.9. The van der Waals surface area contributed by atoms with E-state index in [1.54, 1.807) is 11.3 Å². The number of benzene rings is 8. The van der Waals surface area contributed by atoms with Gasteiger partial charge in [0.2, 0.25) is 5.95 Å². The monoisotopic (exact) mass is 760 g/mol. The molecule has 5 heterocycles. The van der Waals surface area contributed by atoms with Gasteiger partial charge in [-0.15, -0.1) is 11.3 Å². The number of nitrogens with zero attached hydrogens (tertiary/aromatic N) is 4. The van der Waals surface area contributed by atoms with Crippen LogP contribution in [0.3, 0.4) is 0 Å². The highest BCUT2D eigenvalue weighted by atomic mass is 32.1. The lowest BCUT2D eigenvalue weighted by Gasteiger charge is -2.11. The van der Waals surface area contributed by atoms with Crippen molar-refractivity contribution in [1.82, 2.24) is 19.5 Å². The highest BCUT2D eigenvalue weighted by molar-refractivity contribution is 7.25. The van der Waals surface area contributed by atoms with Gasteiger partial charge in [0.05, 0.1) is 11.0 Å². The fraction of sp³-hybridized carbons (Fsp3) is 0. The van der Waals surface area contributed by atoms with E-state index in [1.807, 2.05) is 24.3 Å². The number of hydrogen-bond donors (Lipinski definition) is 0. The average Bonchev–Trinajstić information content (AvgIpc) is 4.03. The Morgan fingerprint density at radius 2 is 1.05 bits per heavy atom. The van der Waals surface area contributed by atoms with Crippen LogP contribution in [-0.2, 0) is 0 Å². The van der Waals surface area contributed by atoms with E-state index >= 15 is 0 Å². The van der Waals surface area contributed by atoms with Crippen molar-refractivity contribution in [3.05, 3.63) is 170 Å². The van der Waals surface area contributed by atoms with Gasteiger partial charge in [0.1, 0.15) is 22.3 Å². The zero-order chi connectivity index (χ0) is 37.9. The molecular formula is C51H28N4O2S. The minimum absolute atomic E-state index is 0.533. The Kier molecular flexibility index (Phi) is 6.50. The van der Waals surface area contributed by atoms with E-state index < -0.39 is 0 Å². The quantitative estimate of drug-likeness (QED) is 0.179. The van der Waals surface area contributed by atoms with Crippen molar-refractivity contribution in [1.29, 1.82) is 0 Å². The summed E-state index contributed by atoms with van der Waals surface area (Å²) >= 11 is 1.78. The maximum absolute atomic E-state index is 6.57. The molecule has 0 saturated heterocycles. The second-order valence-corrected chi connectivity index (χ2v) is 15.8. The first kappa shape index (κ1) is 31.6. The van der Waals surface area contributed by atoms with E-state index in [0.29, 0.717) is 17.6 Å². The van der Waals surface area contributed by atoms with Crippen LogP contribution in [0.4, 0.5) is 0 Å². The molecule has 270 valence electrons. The van der Waals surface area contributed by atoms with Crippen molar-refractivity contribution < 1.29 is 8.83 Å². The molecule has 5 aromatic heterocycles. The number of rotatable bonds is 4. The van der Waals surface area contributed by atoms with E-state index in [9.17, 15) is 0 Å². The predicted octanol–water partition coefficient (Wildman–Crippen LogP) is 14.1. The summed E-state index contributed by atoms with van der Waals surface area (Å²) in [6, 6.07) is 59.1. The SMILES string of the molecule is c1ccc(-c2cccc3oc4cc(-c5nc(-c6ccc7c(c6)sc6ccccc67)nc(-n6c7ccccc7c7cc8oc9ccccc9c8cc76)n5)ccc4c23)cc1. The lowest BCUT2D eigenvalue weighted by molar-refractivity contribution is 0.669. The fourth-order valence-electron chi connectivity index (χ4n) is 8.81. The standard InChI is InChI=1S/C51H28N4O2S/c1-2-11-29(12-3-1)32-16-10-19-43-48(32)37-24-22-30(25-44(37)57-43)49-52-50(31-21-23-36-35-15-6-9-20-46(35)58-47(36)26-31)54-51(53-49)55-40-17-7-4-13-33(40)38-28-45-39(27-41(38)55)34-14-5-8-18-42(34)56-45/h1-28H.